The Balaban J connectivity index is 2.02. The van der Waals surface area contributed by atoms with Crippen molar-refractivity contribution < 1.29 is 14.3 Å². The Morgan fingerprint density at radius 1 is 1.04 bits per heavy atom. The molecular weight excluding hydrogens is 292 g/mol. The number of nitrogens with zero attached hydrogens (tertiary/aromatic N) is 1. The van der Waals surface area contributed by atoms with Crippen molar-refractivity contribution in [3.05, 3.63) is 60.2 Å². The molecule has 120 valence electrons. The largest absolute Gasteiger partial charge is 0.481 e. The fourth-order valence-electron chi connectivity index (χ4n) is 1.99. The van der Waals surface area contributed by atoms with Gasteiger partial charge in [-0.2, -0.15) is 0 Å². The minimum Gasteiger partial charge on any atom is -0.481 e. The summed E-state index contributed by atoms with van der Waals surface area (Å²) in [6.07, 6.45) is -0.648. The smallest absolute Gasteiger partial charge is 0.265 e. The van der Waals surface area contributed by atoms with Gasteiger partial charge >= 0.3 is 0 Å². The zero-order valence-electron chi connectivity index (χ0n) is 13.4. The zero-order chi connectivity index (χ0) is 16.8. The summed E-state index contributed by atoms with van der Waals surface area (Å²) < 4.78 is 5.58. The number of para-hydroxylation sites is 1. The molecule has 5 heteroatoms. The van der Waals surface area contributed by atoms with Crippen LogP contribution in [-0.4, -0.2) is 36.9 Å². The number of benzene rings is 2. The van der Waals surface area contributed by atoms with Crippen LogP contribution < -0.4 is 10.1 Å². The van der Waals surface area contributed by atoms with Crippen LogP contribution in [-0.2, 0) is 4.79 Å². The number of carbonyl (C=O) groups is 2. The molecule has 2 aromatic carbocycles. The maximum atomic E-state index is 12.2. The molecule has 0 heterocycles. The molecule has 5 nitrogen and oxygen atoms in total. The quantitative estimate of drug-likeness (QED) is 0.923. The van der Waals surface area contributed by atoms with Crippen molar-refractivity contribution in [3.8, 4) is 5.75 Å². The Bertz CT molecular complexity index is 684. The number of ether oxygens (including phenoxy) is 1. The predicted molar refractivity (Wildman–Crippen MR) is 89.6 cm³/mol. The van der Waals surface area contributed by atoms with E-state index < -0.39 is 6.10 Å². The van der Waals surface area contributed by atoms with E-state index in [1.807, 2.05) is 18.2 Å². The summed E-state index contributed by atoms with van der Waals surface area (Å²) in [5.41, 5.74) is 1.08. The van der Waals surface area contributed by atoms with Gasteiger partial charge in [0.1, 0.15) is 5.75 Å². The van der Waals surface area contributed by atoms with Crippen LogP contribution in [0, 0.1) is 0 Å². The standard InChI is InChI=1S/C18H20N2O3/c1-13(23-16-10-5-4-6-11-16)17(21)19-15-9-7-8-14(12-15)18(22)20(2)3/h4-13H,1-3H3,(H,19,21). The number of hydrogen-bond acceptors (Lipinski definition) is 3. The van der Waals surface area contributed by atoms with Gasteiger partial charge in [-0.05, 0) is 37.3 Å². The van der Waals surface area contributed by atoms with E-state index in [4.69, 9.17) is 4.74 Å². The van der Waals surface area contributed by atoms with Crippen LogP contribution in [0.1, 0.15) is 17.3 Å². The minimum atomic E-state index is -0.648. The molecule has 1 atom stereocenters. The fourth-order valence-corrected chi connectivity index (χ4v) is 1.99. The van der Waals surface area contributed by atoms with Crippen molar-refractivity contribution >= 4 is 17.5 Å². The molecule has 2 rings (SSSR count). The molecule has 23 heavy (non-hydrogen) atoms. The van der Waals surface area contributed by atoms with Gasteiger partial charge in [0, 0.05) is 25.3 Å². The lowest BCUT2D eigenvalue weighted by Crippen LogP contribution is -2.30. The summed E-state index contributed by atoms with van der Waals surface area (Å²) in [7, 11) is 3.37. The summed E-state index contributed by atoms with van der Waals surface area (Å²) in [6.45, 7) is 1.68. The summed E-state index contributed by atoms with van der Waals surface area (Å²) in [5, 5.41) is 2.76. The van der Waals surface area contributed by atoms with E-state index >= 15 is 0 Å². The lowest BCUT2D eigenvalue weighted by molar-refractivity contribution is -0.122. The van der Waals surface area contributed by atoms with Crippen LogP contribution in [0.3, 0.4) is 0 Å². The van der Waals surface area contributed by atoms with E-state index in [1.54, 1.807) is 57.4 Å². The van der Waals surface area contributed by atoms with Crippen molar-refractivity contribution in [2.75, 3.05) is 19.4 Å². The Kier molecular flexibility index (Phi) is 5.36. The molecule has 0 fully saturated rings. The topological polar surface area (TPSA) is 58.6 Å². The third kappa shape index (κ3) is 4.57. The summed E-state index contributed by atoms with van der Waals surface area (Å²) in [6, 6.07) is 16.0. The lowest BCUT2D eigenvalue weighted by atomic mass is 10.1. The van der Waals surface area contributed by atoms with Gasteiger partial charge in [-0.3, -0.25) is 9.59 Å². The van der Waals surface area contributed by atoms with Crippen LogP contribution >= 0.6 is 0 Å². The van der Waals surface area contributed by atoms with Crippen molar-refractivity contribution in [1.29, 1.82) is 0 Å². The number of amides is 2. The molecule has 0 aliphatic carbocycles. The average molecular weight is 312 g/mol. The maximum absolute atomic E-state index is 12.2. The first-order valence-corrected chi connectivity index (χ1v) is 7.31. The Morgan fingerprint density at radius 2 is 1.74 bits per heavy atom. The Morgan fingerprint density at radius 3 is 2.39 bits per heavy atom. The van der Waals surface area contributed by atoms with Crippen LogP contribution in [0.2, 0.25) is 0 Å². The zero-order valence-corrected chi connectivity index (χ0v) is 13.4. The predicted octanol–water partition coefficient (Wildman–Crippen LogP) is 2.79. The lowest BCUT2D eigenvalue weighted by Gasteiger charge is -2.15. The van der Waals surface area contributed by atoms with E-state index in [0.29, 0.717) is 17.0 Å². The van der Waals surface area contributed by atoms with Gasteiger partial charge in [0.15, 0.2) is 6.10 Å². The van der Waals surface area contributed by atoms with Crippen molar-refractivity contribution in [2.45, 2.75) is 13.0 Å². The van der Waals surface area contributed by atoms with E-state index in [1.165, 1.54) is 4.90 Å². The summed E-state index contributed by atoms with van der Waals surface area (Å²) >= 11 is 0. The maximum Gasteiger partial charge on any atom is 0.265 e. The molecular formula is C18H20N2O3. The van der Waals surface area contributed by atoms with Gasteiger partial charge in [0.05, 0.1) is 0 Å². The monoisotopic (exact) mass is 312 g/mol. The van der Waals surface area contributed by atoms with E-state index in [-0.39, 0.29) is 11.8 Å². The van der Waals surface area contributed by atoms with Crippen molar-refractivity contribution in [2.24, 2.45) is 0 Å². The molecule has 0 aromatic heterocycles. The molecule has 0 aliphatic rings. The molecule has 0 spiro atoms. The van der Waals surface area contributed by atoms with Crippen LogP contribution in [0.25, 0.3) is 0 Å². The Labute approximate surface area is 135 Å². The van der Waals surface area contributed by atoms with Gasteiger partial charge in [-0.15, -0.1) is 0 Å². The van der Waals surface area contributed by atoms with Gasteiger partial charge in [-0.25, -0.2) is 0 Å². The molecule has 1 N–H and O–H groups in total. The Hall–Kier alpha value is -2.82. The average Bonchev–Trinajstić information content (AvgIpc) is 2.55. The molecule has 0 aliphatic heterocycles. The summed E-state index contributed by atoms with van der Waals surface area (Å²) in [4.78, 5) is 25.6. The van der Waals surface area contributed by atoms with Crippen LogP contribution in [0.15, 0.2) is 54.6 Å². The second-order valence-electron chi connectivity index (χ2n) is 5.34. The number of nitrogens with one attached hydrogen (secondary N) is 1. The van der Waals surface area contributed by atoms with Gasteiger partial charge in [0.25, 0.3) is 11.8 Å². The molecule has 0 saturated carbocycles. The first-order valence-electron chi connectivity index (χ1n) is 7.31. The van der Waals surface area contributed by atoms with Gasteiger partial charge < -0.3 is 15.0 Å². The SMILES string of the molecule is CC(Oc1ccccc1)C(=O)Nc1cccc(C(=O)N(C)C)c1. The normalized spacial score (nSPS) is 11.4. The van der Waals surface area contributed by atoms with Crippen LogP contribution in [0.4, 0.5) is 5.69 Å². The highest BCUT2D eigenvalue weighted by Gasteiger charge is 2.16. The summed E-state index contributed by atoms with van der Waals surface area (Å²) in [5.74, 6) is 0.240. The molecule has 0 radical (unpaired) electrons. The van der Waals surface area contributed by atoms with E-state index in [9.17, 15) is 9.59 Å². The fraction of sp³-hybridized carbons (Fsp3) is 0.222. The highest BCUT2D eigenvalue weighted by molar-refractivity contribution is 5.98. The molecule has 1 unspecified atom stereocenters. The van der Waals surface area contributed by atoms with Crippen molar-refractivity contribution in [1.82, 2.24) is 4.90 Å². The van der Waals surface area contributed by atoms with Gasteiger partial charge in [0.2, 0.25) is 0 Å². The first-order chi connectivity index (χ1) is 11.0. The third-order valence-electron chi connectivity index (χ3n) is 3.21. The highest BCUT2D eigenvalue weighted by atomic mass is 16.5. The number of anilines is 1. The molecule has 2 aromatic rings. The van der Waals surface area contributed by atoms with Crippen LogP contribution in [0.5, 0.6) is 5.75 Å². The molecule has 0 saturated heterocycles. The van der Waals surface area contributed by atoms with Gasteiger partial charge in [-0.1, -0.05) is 24.3 Å². The second-order valence-corrected chi connectivity index (χ2v) is 5.34. The number of rotatable bonds is 5. The first kappa shape index (κ1) is 16.5. The number of hydrogen-bond donors (Lipinski definition) is 1. The number of carbonyl (C=O) groups excluding carboxylic acids is 2. The van der Waals surface area contributed by atoms with Crippen molar-refractivity contribution in [3.63, 3.8) is 0 Å². The molecule has 0 bridgehead atoms. The molecule has 2 amide bonds. The second kappa shape index (κ2) is 7.45. The third-order valence-corrected chi connectivity index (χ3v) is 3.21. The minimum absolute atomic E-state index is 0.116. The highest BCUT2D eigenvalue weighted by Crippen LogP contribution is 2.14. The van der Waals surface area contributed by atoms with E-state index in [2.05, 4.69) is 5.32 Å². The van der Waals surface area contributed by atoms with E-state index in [0.717, 1.165) is 0 Å².